The Morgan fingerprint density at radius 3 is 2.18 bits per heavy atom. The number of carboxylic acid groups (broad SMARTS) is 1. The highest BCUT2D eigenvalue weighted by atomic mass is 16.5. The number of carboxylic acids is 1. The van der Waals surface area contributed by atoms with Crippen LogP contribution in [0.1, 0.15) is 50.2 Å². The normalized spacial score (nSPS) is 16.2. The van der Waals surface area contributed by atoms with E-state index in [0.29, 0.717) is 18.9 Å². The molecule has 4 rings (SSSR count). The van der Waals surface area contributed by atoms with Gasteiger partial charge in [0.15, 0.2) is 0 Å². The molecule has 0 unspecified atom stereocenters. The second-order valence-electron chi connectivity index (χ2n) is 9.39. The molecule has 0 heterocycles. The highest BCUT2D eigenvalue weighted by Gasteiger charge is 2.35. The number of amides is 2. The molecule has 1 fully saturated rings. The molecule has 2 amide bonds. The average molecular weight is 465 g/mol. The van der Waals surface area contributed by atoms with Crippen LogP contribution >= 0.6 is 0 Å². The van der Waals surface area contributed by atoms with Gasteiger partial charge in [-0.25, -0.2) is 4.79 Å². The summed E-state index contributed by atoms with van der Waals surface area (Å²) in [7, 11) is 0. The largest absolute Gasteiger partial charge is 0.480 e. The highest BCUT2D eigenvalue weighted by molar-refractivity contribution is 5.88. The van der Waals surface area contributed by atoms with Gasteiger partial charge in [-0.15, -0.1) is 0 Å². The van der Waals surface area contributed by atoms with E-state index in [4.69, 9.17) is 4.74 Å². The first kappa shape index (κ1) is 23.8. The molecule has 0 spiro atoms. The van der Waals surface area contributed by atoms with Gasteiger partial charge in [0.2, 0.25) is 5.91 Å². The molecule has 0 bridgehead atoms. The summed E-state index contributed by atoms with van der Waals surface area (Å²) in [6.07, 6.45) is 1.99. The van der Waals surface area contributed by atoms with Gasteiger partial charge in [-0.05, 0) is 46.9 Å². The Balaban J connectivity index is 1.44. The number of carbonyl (C=O) groups is 3. The Hall–Kier alpha value is -3.35. The zero-order valence-electron chi connectivity index (χ0n) is 19.7. The van der Waals surface area contributed by atoms with E-state index >= 15 is 0 Å². The summed E-state index contributed by atoms with van der Waals surface area (Å²) < 4.78 is 5.63. The number of nitrogens with zero attached hydrogens (tertiary/aromatic N) is 1. The van der Waals surface area contributed by atoms with E-state index in [-0.39, 0.29) is 30.9 Å². The monoisotopic (exact) mass is 464 g/mol. The summed E-state index contributed by atoms with van der Waals surface area (Å²) in [6, 6.07) is 15.4. The Bertz CT molecular complexity index is 1020. The molecule has 7 heteroatoms. The van der Waals surface area contributed by atoms with Crippen molar-refractivity contribution in [3.63, 3.8) is 0 Å². The fourth-order valence-corrected chi connectivity index (χ4v) is 4.65. The lowest BCUT2D eigenvalue weighted by molar-refractivity contribution is -0.146. The van der Waals surface area contributed by atoms with Crippen LogP contribution < -0.4 is 5.32 Å². The third kappa shape index (κ3) is 5.24. The number of aliphatic carboxylic acids is 1. The standard InChI is InChI=1S/C27H32N2O5/c1-3-17(2)25(26(32)29(15-24(30)31)14-18-12-13-18)28-27(33)34-16-23-21-10-6-4-8-19(21)20-9-5-7-11-22(20)23/h4-11,17-18,23,25H,3,12-16H2,1-2H3,(H,28,33)(H,30,31)/t17-,25-/m0/s1. The molecule has 0 aliphatic heterocycles. The molecule has 7 nitrogen and oxygen atoms in total. The molecule has 2 atom stereocenters. The molecular weight excluding hydrogens is 432 g/mol. The van der Waals surface area contributed by atoms with Gasteiger partial charge in [-0.3, -0.25) is 9.59 Å². The van der Waals surface area contributed by atoms with Crippen molar-refractivity contribution in [2.45, 2.75) is 45.1 Å². The van der Waals surface area contributed by atoms with Crippen molar-refractivity contribution < 1.29 is 24.2 Å². The average Bonchev–Trinajstić information content (AvgIpc) is 3.60. The van der Waals surface area contributed by atoms with E-state index in [2.05, 4.69) is 29.6 Å². The van der Waals surface area contributed by atoms with Gasteiger partial charge in [-0.2, -0.15) is 0 Å². The lowest BCUT2D eigenvalue weighted by Crippen LogP contribution is -2.53. The van der Waals surface area contributed by atoms with Gasteiger partial charge in [0, 0.05) is 12.5 Å². The van der Waals surface area contributed by atoms with Crippen LogP contribution in [0.3, 0.4) is 0 Å². The maximum absolute atomic E-state index is 13.3. The molecule has 2 aliphatic rings. The summed E-state index contributed by atoms with van der Waals surface area (Å²) in [4.78, 5) is 38.8. The van der Waals surface area contributed by atoms with Gasteiger partial charge < -0.3 is 20.1 Å². The maximum Gasteiger partial charge on any atom is 0.407 e. The zero-order valence-corrected chi connectivity index (χ0v) is 19.7. The zero-order chi connectivity index (χ0) is 24.2. The number of benzene rings is 2. The molecule has 0 aromatic heterocycles. The first-order valence-electron chi connectivity index (χ1n) is 12.0. The van der Waals surface area contributed by atoms with E-state index in [1.807, 2.05) is 38.1 Å². The van der Waals surface area contributed by atoms with Crippen LogP contribution in [0.4, 0.5) is 4.79 Å². The van der Waals surface area contributed by atoms with Crippen molar-refractivity contribution >= 4 is 18.0 Å². The van der Waals surface area contributed by atoms with E-state index in [1.165, 1.54) is 4.90 Å². The predicted molar refractivity (Wildman–Crippen MR) is 128 cm³/mol. The predicted octanol–water partition coefficient (Wildman–Crippen LogP) is 4.26. The summed E-state index contributed by atoms with van der Waals surface area (Å²) in [5.74, 6) is -1.32. The van der Waals surface area contributed by atoms with Crippen LogP contribution in [0.2, 0.25) is 0 Å². The van der Waals surface area contributed by atoms with E-state index < -0.39 is 18.1 Å². The second kappa shape index (κ2) is 10.3. The molecule has 0 saturated heterocycles. The smallest absolute Gasteiger partial charge is 0.407 e. The molecule has 0 radical (unpaired) electrons. The highest BCUT2D eigenvalue weighted by Crippen LogP contribution is 2.44. The molecule has 180 valence electrons. The van der Waals surface area contributed by atoms with Crippen molar-refractivity contribution in [3.05, 3.63) is 59.7 Å². The third-order valence-corrected chi connectivity index (χ3v) is 6.91. The van der Waals surface area contributed by atoms with Crippen LogP contribution in [0.25, 0.3) is 11.1 Å². The van der Waals surface area contributed by atoms with Crippen LogP contribution in [0.5, 0.6) is 0 Å². The molecule has 34 heavy (non-hydrogen) atoms. The molecular formula is C27H32N2O5. The Kier molecular flexibility index (Phi) is 7.20. The van der Waals surface area contributed by atoms with Gasteiger partial charge in [0.1, 0.15) is 19.2 Å². The van der Waals surface area contributed by atoms with Crippen molar-refractivity contribution in [2.75, 3.05) is 19.7 Å². The number of fused-ring (bicyclic) bond motifs is 3. The second-order valence-corrected chi connectivity index (χ2v) is 9.39. The third-order valence-electron chi connectivity index (χ3n) is 6.91. The maximum atomic E-state index is 13.3. The molecule has 1 saturated carbocycles. The molecule has 2 aliphatic carbocycles. The van der Waals surface area contributed by atoms with E-state index in [1.54, 1.807) is 0 Å². The van der Waals surface area contributed by atoms with E-state index in [0.717, 1.165) is 35.1 Å². The van der Waals surface area contributed by atoms with Crippen molar-refractivity contribution in [1.29, 1.82) is 0 Å². The molecule has 2 aromatic carbocycles. The SMILES string of the molecule is CC[C@H](C)[C@H](NC(=O)OCC1c2ccccc2-c2ccccc21)C(=O)N(CC(=O)O)CC1CC1. The minimum Gasteiger partial charge on any atom is -0.480 e. The topological polar surface area (TPSA) is 95.9 Å². The number of ether oxygens (including phenoxy) is 1. The van der Waals surface area contributed by atoms with Crippen molar-refractivity contribution in [3.8, 4) is 11.1 Å². The Morgan fingerprint density at radius 2 is 1.65 bits per heavy atom. The first-order valence-corrected chi connectivity index (χ1v) is 12.0. The number of carbonyl (C=O) groups excluding carboxylic acids is 2. The minimum atomic E-state index is -1.06. The Labute approximate surface area is 200 Å². The number of rotatable bonds is 10. The van der Waals surface area contributed by atoms with Crippen LogP contribution in [0.15, 0.2) is 48.5 Å². The summed E-state index contributed by atoms with van der Waals surface area (Å²) in [5, 5.41) is 12.0. The first-order chi connectivity index (χ1) is 16.4. The van der Waals surface area contributed by atoms with Crippen molar-refractivity contribution in [1.82, 2.24) is 10.2 Å². The lowest BCUT2D eigenvalue weighted by atomic mass is 9.97. The molecule has 2 aromatic rings. The summed E-state index contributed by atoms with van der Waals surface area (Å²) in [6.45, 7) is 4.01. The quantitative estimate of drug-likeness (QED) is 0.548. The van der Waals surface area contributed by atoms with Gasteiger partial charge >= 0.3 is 12.1 Å². The minimum absolute atomic E-state index is 0.0747. The molecule has 2 N–H and O–H groups in total. The van der Waals surface area contributed by atoms with Gasteiger partial charge in [0.25, 0.3) is 0 Å². The number of hydrogen-bond acceptors (Lipinski definition) is 4. The van der Waals surface area contributed by atoms with Gasteiger partial charge in [0.05, 0.1) is 0 Å². The number of nitrogens with one attached hydrogen (secondary N) is 1. The van der Waals surface area contributed by atoms with Crippen LogP contribution in [-0.2, 0) is 14.3 Å². The van der Waals surface area contributed by atoms with Crippen molar-refractivity contribution in [2.24, 2.45) is 11.8 Å². The number of alkyl carbamates (subject to hydrolysis) is 1. The van der Waals surface area contributed by atoms with E-state index in [9.17, 15) is 19.5 Å². The van der Waals surface area contributed by atoms with Crippen LogP contribution in [0, 0.1) is 11.8 Å². The summed E-state index contributed by atoms with van der Waals surface area (Å²) >= 11 is 0. The Morgan fingerprint density at radius 1 is 1.06 bits per heavy atom. The fourth-order valence-electron chi connectivity index (χ4n) is 4.65. The fraction of sp³-hybridized carbons (Fsp3) is 0.444. The van der Waals surface area contributed by atoms with Gasteiger partial charge in [-0.1, -0.05) is 68.8 Å². The van der Waals surface area contributed by atoms with Crippen LogP contribution in [-0.4, -0.2) is 53.7 Å². The summed E-state index contributed by atoms with van der Waals surface area (Å²) in [5.41, 5.74) is 4.51. The lowest BCUT2D eigenvalue weighted by Gasteiger charge is -2.29. The number of hydrogen-bond donors (Lipinski definition) is 2.